The van der Waals surface area contributed by atoms with E-state index in [0.29, 0.717) is 19.4 Å². The van der Waals surface area contributed by atoms with Crippen LogP contribution in [-0.4, -0.2) is 25.7 Å². The molecule has 0 heterocycles. The summed E-state index contributed by atoms with van der Waals surface area (Å²) < 4.78 is 29.0. The van der Waals surface area contributed by atoms with E-state index >= 15 is 0 Å². The first-order valence-electron chi connectivity index (χ1n) is 3.67. The minimum Gasteiger partial charge on any atom is -0.377 e. The lowest BCUT2D eigenvalue weighted by molar-refractivity contribution is -0.135. The van der Waals surface area contributed by atoms with Gasteiger partial charge in [0.2, 0.25) is 6.43 Å². The molecule has 0 unspecified atom stereocenters. The zero-order valence-corrected chi connectivity index (χ0v) is 6.52. The summed E-state index contributed by atoms with van der Waals surface area (Å²) in [5.74, 6) is -0.501. The van der Waals surface area contributed by atoms with Gasteiger partial charge in [-0.3, -0.25) is 0 Å². The van der Waals surface area contributed by atoms with Crippen LogP contribution < -0.4 is 5.73 Å². The minimum absolute atomic E-state index is 0.340. The zero-order chi connectivity index (χ0) is 8.48. The zero-order valence-electron chi connectivity index (χ0n) is 6.52. The summed E-state index contributed by atoms with van der Waals surface area (Å²) >= 11 is 0. The van der Waals surface area contributed by atoms with E-state index in [2.05, 4.69) is 0 Å². The topological polar surface area (TPSA) is 35.2 Å². The van der Waals surface area contributed by atoms with Crippen molar-refractivity contribution in [2.45, 2.75) is 24.9 Å². The van der Waals surface area contributed by atoms with Crippen LogP contribution in [0.5, 0.6) is 0 Å². The molecule has 4 heteroatoms. The molecule has 2 nitrogen and oxygen atoms in total. The van der Waals surface area contributed by atoms with Crippen LogP contribution in [-0.2, 0) is 4.74 Å². The van der Waals surface area contributed by atoms with Gasteiger partial charge >= 0.3 is 0 Å². The van der Waals surface area contributed by atoms with Gasteiger partial charge in [0.15, 0.2) is 0 Å². The first-order valence-corrected chi connectivity index (χ1v) is 3.67. The van der Waals surface area contributed by atoms with Crippen LogP contribution in [0.3, 0.4) is 0 Å². The van der Waals surface area contributed by atoms with Crippen molar-refractivity contribution in [2.75, 3.05) is 13.7 Å². The van der Waals surface area contributed by atoms with E-state index in [1.54, 1.807) is 0 Å². The third kappa shape index (κ3) is 1.51. The van der Waals surface area contributed by atoms with Crippen LogP contribution >= 0.6 is 0 Å². The van der Waals surface area contributed by atoms with Gasteiger partial charge in [0.25, 0.3) is 0 Å². The molecule has 0 amide bonds. The maximum atomic E-state index is 12.0. The molecule has 0 spiro atoms. The van der Waals surface area contributed by atoms with Crippen molar-refractivity contribution in [3.05, 3.63) is 0 Å². The number of halogens is 2. The summed E-state index contributed by atoms with van der Waals surface area (Å²) in [7, 11) is 1.52. The normalized spacial score (nSPS) is 37.4. The van der Waals surface area contributed by atoms with Gasteiger partial charge in [0, 0.05) is 19.6 Å². The van der Waals surface area contributed by atoms with Gasteiger partial charge in [0.1, 0.15) is 0 Å². The second-order valence-corrected chi connectivity index (χ2v) is 3.09. The molecule has 1 saturated carbocycles. The SMILES string of the molecule is COC1(CN)CC(C(F)F)C1. The third-order valence-corrected chi connectivity index (χ3v) is 2.43. The van der Waals surface area contributed by atoms with E-state index in [1.165, 1.54) is 7.11 Å². The molecule has 0 aromatic carbocycles. The fourth-order valence-electron chi connectivity index (χ4n) is 1.49. The van der Waals surface area contributed by atoms with Crippen molar-refractivity contribution in [3.63, 3.8) is 0 Å². The first-order chi connectivity index (χ1) is 5.13. The summed E-state index contributed by atoms with van der Waals surface area (Å²) in [6, 6.07) is 0. The Balaban J connectivity index is 2.35. The van der Waals surface area contributed by atoms with Crippen molar-refractivity contribution >= 4 is 0 Å². The Hall–Kier alpha value is -0.220. The summed E-state index contributed by atoms with van der Waals surface area (Å²) in [6.07, 6.45) is -1.42. The van der Waals surface area contributed by atoms with Crippen molar-refractivity contribution in [1.29, 1.82) is 0 Å². The fourth-order valence-corrected chi connectivity index (χ4v) is 1.49. The molecule has 11 heavy (non-hydrogen) atoms. The Kier molecular flexibility index (Phi) is 2.44. The average Bonchev–Trinajstić information content (AvgIpc) is 1.87. The second kappa shape index (κ2) is 3.03. The predicted molar refractivity (Wildman–Crippen MR) is 37.5 cm³/mol. The number of methoxy groups -OCH3 is 1. The van der Waals surface area contributed by atoms with Crippen LogP contribution in [0.1, 0.15) is 12.8 Å². The Morgan fingerprint density at radius 2 is 2.18 bits per heavy atom. The van der Waals surface area contributed by atoms with Gasteiger partial charge in [0.05, 0.1) is 5.60 Å². The molecule has 1 aliphatic rings. The standard InChI is InChI=1S/C7H13F2NO/c1-11-7(4-10)2-5(3-7)6(8)9/h5-6H,2-4,10H2,1H3. The Labute approximate surface area is 64.7 Å². The van der Waals surface area contributed by atoms with E-state index in [9.17, 15) is 8.78 Å². The molecule has 2 N–H and O–H groups in total. The molecule has 1 aliphatic carbocycles. The fraction of sp³-hybridized carbons (Fsp3) is 1.00. The molecule has 0 aromatic rings. The quantitative estimate of drug-likeness (QED) is 0.677. The number of ether oxygens (including phenoxy) is 1. The van der Waals surface area contributed by atoms with Gasteiger partial charge < -0.3 is 10.5 Å². The molecular weight excluding hydrogens is 152 g/mol. The summed E-state index contributed by atoms with van der Waals surface area (Å²) in [4.78, 5) is 0. The highest BCUT2D eigenvalue weighted by atomic mass is 19.3. The van der Waals surface area contributed by atoms with Gasteiger partial charge in [-0.25, -0.2) is 8.78 Å². The monoisotopic (exact) mass is 165 g/mol. The number of hydrogen-bond acceptors (Lipinski definition) is 2. The van der Waals surface area contributed by atoms with Crippen molar-refractivity contribution < 1.29 is 13.5 Å². The molecule has 1 fully saturated rings. The van der Waals surface area contributed by atoms with Crippen molar-refractivity contribution in [3.8, 4) is 0 Å². The highest BCUT2D eigenvalue weighted by Gasteiger charge is 2.47. The molecule has 0 aromatic heterocycles. The first kappa shape index (κ1) is 8.87. The van der Waals surface area contributed by atoms with E-state index < -0.39 is 17.9 Å². The smallest absolute Gasteiger partial charge is 0.241 e. The molecule has 0 aliphatic heterocycles. The molecular formula is C7H13F2NO. The Morgan fingerprint density at radius 3 is 2.45 bits per heavy atom. The van der Waals surface area contributed by atoms with Gasteiger partial charge in [-0.1, -0.05) is 0 Å². The third-order valence-electron chi connectivity index (χ3n) is 2.43. The number of rotatable bonds is 3. The maximum Gasteiger partial charge on any atom is 0.241 e. The largest absolute Gasteiger partial charge is 0.377 e. The minimum atomic E-state index is -2.22. The van der Waals surface area contributed by atoms with Crippen molar-refractivity contribution in [2.24, 2.45) is 11.7 Å². The number of alkyl halides is 2. The molecule has 0 atom stereocenters. The lowest BCUT2D eigenvalue weighted by atomic mass is 9.71. The predicted octanol–water partition coefficient (Wildman–Crippen LogP) is 1.01. The second-order valence-electron chi connectivity index (χ2n) is 3.09. The Bertz CT molecular complexity index is 128. The Morgan fingerprint density at radius 1 is 1.64 bits per heavy atom. The van der Waals surface area contributed by atoms with E-state index in [1.807, 2.05) is 0 Å². The van der Waals surface area contributed by atoms with Gasteiger partial charge in [-0.05, 0) is 12.8 Å². The van der Waals surface area contributed by atoms with Crippen LogP contribution in [0.25, 0.3) is 0 Å². The van der Waals surface area contributed by atoms with Crippen LogP contribution in [0.2, 0.25) is 0 Å². The van der Waals surface area contributed by atoms with E-state index in [-0.39, 0.29) is 0 Å². The molecule has 66 valence electrons. The van der Waals surface area contributed by atoms with Crippen LogP contribution in [0.15, 0.2) is 0 Å². The van der Waals surface area contributed by atoms with E-state index in [0.717, 1.165) is 0 Å². The molecule has 1 rings (SSSR count). The van der Waals surface area contributed by atoms with Crippen LogP contribution in [0.4, 0.5) is 8.78 Å². The lowest BCUT2D eigenvalue weighted by Crippen LogP contribution is -2.53. The van der Waals surface area contributed by atoms with Crippen LogP contribution in [0, 0.1) is 5.92 Å². The summed E-state index contributed by atoms with van der Waals surface area (Å²) in [5, 5.41) is 0. The van der Waals surface area contributed by atoms with Gasteiger partial charge in [-0.15, -0.1) is 0 Å². The maximum absolute atomic E-state index is 12.0. The molecule has 0 radical (unpaired) electrons. The van der Waals surface area contributed by atoms with Gasteiger partial charge in [-0.2, -0.15) is 0 Å². The molecule has 0 bridgehead atoms. The lowest BCUT2D eigenvalue weighted by Gasteiger charge is -2.45. The number of hydrogen-bond donors (Lipinski definition) is 1. The highest BCUT2D eigenvalue weighted by Crippen LogP contribution is 2.42. The highest BCUT2D eigenvalue weighted by molar-refractivity contribution is 4.97. The summed E-state index contributed by atoms with van der Waals surface area (Å²) in [5.41, 5.74) is 4.93. The molecule has 0 saturated heterocycles. The van der Waals surface area contributed by atoms with E-state index in [4.69, 9.17) is 10.5 Å². The summed E-state index contributed by atoms with van der Waals surface area (Å²) in [6.45, 7) is 0.340. The van der Waals surface area contributed by atoms with Crippen molar-refractivity contribution in [1.82, 2.24) is 0 Å². The average molecular weight is 165 g/mol. The number of nitrogens with two attached hydrogens (primary N) is 1.